The Hall–Kier alpha value is -0.710. The van der Waals surface area contributed by atoms with E-state index in [1.807, 2.05) is 24.3 Å². The third-order valence-corrected chi connectivity index (χ3v) is 4.74. The highest BCUT2D eigenvalue weighted by atomic mass is 79.9. The molecule has 0 spiro atoms. The highest BCUT2D eigenvalue weighted by Gasteiger charge is 2.24. The predicted octanol–water partition coefficient (Wildman–Crippen LogP) is 3.65. The second-order valence-electron chi connectivity index (χ2n) is 5.73. The molecule has 0 atom stereocenters. The Morgan fingerprint density at radius 3 is 2.43 bits per heavy atom. The smallest absolute Gasteiger partial charge is 0.162 e. The molecule has 0 saturated heterocycles. The van der Waals surface area contributed by atoms with Gasteiger partial charge in [-0.25, -0.2) is 0 Å². The summed E-state index contributed by atoms with van der Waals surface area (Å²) in [6, 6.07) is 8.26. The van der Waals surface area contributed by atoms with Crippen LogP contribution >= 0.6 is 15.9 Å². The van der Waals surface area contributed by atoms with Crippen LogP contribution in [0.2, 0.25) is 0 Å². The van der Waals surface area contributed by atoms with E-state index in [9.17, 15) is 4.79 Å². The first-order chi connectivity index (χ1) is 10.2. The summed E-state index contributed by atoms with van der Waals surface area (Å²) in [5.41, 5.74) is 0.795. The lowest BCUT2D eigenvalue weighted by Gasteiger charge is -2.37. The maximum absolute atomic E-state index is 12.1. The van der Waals surface area contributed by atoms with Gasteiger partial charge in [0.05, 0.1) is 0 Å². The van der Waals surface area contributed by atoms with Crippen LogP contribution in [0.4, 0.5) is 0 Å². The van der Waals surface area contributed by atoms with Crippen molar-refractivity contribution < 1.29 is 9.90 Å². The molecule has 1 aromatic rings. The van der Waals surface area contributed by atoms with E-state index in [0.29, 0.717) is 12.5 Å². The van der Waals surface area contributed by atoms with Crippen LogP contribution in [0.1, 0.15) is 48.9 Å². The number of aliphatic hydroxyl groups excluding tert-OH is 1. The second kappa shape index (κ2) is 8.66. The Morgan fingerprint density at radius 1 is 1.19 bits per heavy atom. The number of benzene rings is 1. The van der Waals surface area contributed by atoms with E-state index in [4.69, 9.17) is 5.11 Å². The molecule has 1 aliphatic carbocycles. The summed E-state index contributed by atoms with van der Waals surface area (Å²) in [5.74, 6) is 0.221. The van der Waals surface area contributed by atoms with Gasteiger partial charge < -0.3 is 10.0 Å². The normalized spacial score (nSPS) is 15.2. The molecule has 0 amide bonds. The van der Waals surface area contributed by atoms with Crippen LogP contribution < -0.4 is 0 Å². The molecule has 0 aromatic heterocycles. The first kappa shape index (κ1) is 16.7. The summed E-state index contributed by atoms with van der Waals surface area (Å²) >= 11 is 3.38. The molecule has 0 unspecified atom stereocenters. The fourth-order valence-electron chi connectivity index (χ4n) is 2.73. The number of hydrogen-bond donors (Lipinski definition) is 1. The second-order valence-corrected chi connectivity index (χ2v) is 6.65. The highest BCUT2D eigenvalue weighted by Crippen LogP contribution is 2.25. The van der Waals surface area contributed by atoms with Gasteiger partial charge in [-0.3, -0.25) is 4.79 Å². The summed E-state index contributed by atoms with van der Waals surface area (Å²) in [7, 11) is 0. The number of aliphatic hydroxyl groups is 1. The SMILES string of the molecule is O=C(CCCN(CCCO)C1CCC1)c1ccc(Br)cc1. The molecule has 21 heavy (non-hydrogen) atoms. The van der Waals surface area contributed by atoms with E-state index in [0.717, 1.165) is 36.0 Å². The van der Waals surface area contributed by atoms with Gasteiger partial charge >= 0.3 is 0 Å². The molecule has 0 bridgehead atoms. The Labute approximate surface area is 135 Å². The van der Waals surface area contributed by atoms with Crippen LogP contribution in [-0.4, -0.2) is 41.5 Å². The van der Waals surface area contributed by atoms with Crippen molar-refractivity contribution in [3.05, 3.63) is 34.3 Å². The van der Waals surface area contributed by atoms with Crippen molar-refractivity contribution in [3.63, 3.8) is 0 Å². The van der Waals surface area contributed by atoms with Crippen LogP contribution in [0.15, 0.2) is 28.7 Å². The Balaban J connectivity index is 1.75. The number of Topliss-reactive ketones (excluding diaryl/α,β-unsaturated/α-hetero) is 1. The van der Waals surface area contributed by atoms with Gasteiger partial charge in [-0.15, -0.1) is 0 Å². The predicted molar refractivity (Wildman–Crippen MR) is 88.6 cm³/mol. The molecular formula is C17H24BrNO2. The van der Waals surface area contributed by atoms with Gasteiger partial charge in [0.15, 0.2) is 5.78 Å². The fourth-order valence-corrected chi connectivity index (χ4v) is 2.99. The monoisotopic (exact) mass is 353 g/mol. The molecular weight excluding hydrogens is 330 g/mol. The van der Waals surface area contributed by atoms with Gasteiger partial charge in [-0.1, -0.05) is 34.5 Å². The largest absolute Gasteiger partial charge is 0.396 e. The van der Waals surface area contributed by atoms with Gasteiger partial charge in [0.2, 0.25) is 0 Å². The zero-order chi connectivity index (χ0) is 15.1. The molecule has 1 fully saturated rings. The zero-order valence-electron chi connectivity index (χ0n) is 12.4. The number of nitrogens with zero attached hydrogens (tertiary/aromatic N) is 1. The number of rotatable bonds is 9. The first-order valence-corrected chi connectivity index (χ1v) is 8.63. The van der Waals surface area contributed by atoms with Crippen molar-refractivity contribution in [2.75, 3.05) is 19.7 Å². The molecule has 0 aliphatic heterocycles. The van der Waals surface area contributed by atoms with Gasteiger partial charge in [-0.2, -0.15) is 0 Å². The molecule has 1 N–H and O–H groups in total. The minimum Gasteiger partial charge on any atom is -0.396 e. The minimum absolute atomic E-state index is 0.221. The van der Waals surface area contributed by atoms with Crippen LogP contribution in [-0.2, 0) is 0 Å². The van der Waals surface area contributed by atoms with Gasteiger partial charge in [0.25, 0.3) is 0 Å². The molecule has 116 valence electrons. The van der Waals surface area contributed by atoms with Crippen molar-refractivity contribution in [1.82, 2.24) is 4.90 Å². The average Bonchev–Trinajstić information content (AvgIpc) is 2.43. The van der Waals surface area contributed by atoms with Gasteiger partial charge in [0.1, 0.15) is 0 Å². The molecule has 2 rings (SSSR count). The quantitative estimate of drug-likeness (QED) is 0.688. The molecule has 3 nitrogen and oxygen atoms in total. The standard InChI is InChI=1S/C17H24BrNO2/c18-15-9-7-14(8-10-15)17(21)6-2-11-19(12-3-13-20)16-4-1-5-16/h7-10,16,20H,1-6,11-13H2. The number of carbonyl (C=O) groups is 1. The maximum atomic E-state index is 12.1. The first-order valence-electron chi connectivity index (χ1n) is 7.84. The zero-order valence-corrected chi connectivity index (χ0v) is 14.0. The van der Waals surface area contributed by atoms with E-state index in [1.165, 1.54) is 19.3 Å². The van der Waals surface area contributed by atoms with Crippen molar-refractivity contribution in [2.45, 2.75) is 44.6 Å². The summed E-state index contributed by atoms with van der Waals surface area (Å²) < 4.78 is 0.999. The summed E-state index contributed by atoms with van der Waals surface area (Å²) in [6.07, 6.45) is 6.19. The summed E-state index contributed by atoms with van der Waals surface area (Å²) in [4.78, 5) is 14.6. The summed E-state index contributed by atoms with van der Waals surface area (Å²) in [5, 5.41) is 8.99. The molecule has 0 radical (unpaired) electrons. The molecule has 1 aliphatic rings. The van der Waals surface area contributed by atoms with Gasteiger partial charge in [0, 0.05) is 35.7 Å². The van der Waals surface area contributed by atoms with E-state index in [-0.39, 0.29) is 12.4 Å². The van der Waals surface area contributed by atoms with E-state index < -0.39 is 0 Å². The Kier molecular flexibility index (Phi) is 6.87. The van der Waals surface area contributed by atoms with Crippen molar-refractivity contribution >= 4 is 21.7 Å². The third kappa shape index (κ3) is 5.20. The molecule has 0 heterocycles. The minimum atomic E-state index is 0.221. The lowest BCUT2D eigenvalue weighted by molar-refractivity contribution is 0.0939. The summed E-state index contributed by atoms with van der Waals surface area (Å²) in [6.45, 7) is 2.17. The number of halogens is 1. The third-order valence-electron chi connectivity index (χ3n) is 4.21. The highest BCUT2D eigenvalue weighted by molar-refractivity contribution is 9.10. The Morgan fingerprint density at radius 2 is 1.86 bits per heavy atom. The number of carbonyl (C=O) groups excluding carboxylic acids is 1. The Bertz CT molecular complexity index is 443. The van der Waals surface area contributed by atoms with E-state index >= 15 is 0 Å². The fraction of sp³-hybridized carbons (Fsp3) is 0.588. The average molecular weight is 354 g/mol. The van der Waals surface area contributed by atoms with Gasteiger partial charge in [-0.05, 0) is 44.4 Å². The van der Waals surface area contributed by atoms with E-state index in [1.54, 1.807) is 0 Å². The topological polar surface area (TPSA) is 40.5 Å². The molecule has 1 saturated carbocycles. The van der Waals surface area contributed by atoms with Crippen molar-refractivity contribution in [1.29, 1.82) is 0 Å². The van der Waals surface area contributed by atoms with Crippen LogP contribution in [0.25, 0.3) is 0 Å². The van der Waals surface area contributed by atoms with Crippen LogP contribution in [0, 0.1) is 0 Å². The van der Waals surface area contributed by atoms with Crippen molar-refractivity contribution in [2.24, 2.45) is 0 Å². The lowest BCUT2D eigenvalue weighted by Crippen LogP contribution is -2.41. The lowest BCUT2D eigenvalue weighted by atomic mass is 9.91. The number of hydrogen-bond acceptors (Lipinski definition) is 3. The van der Waals surface area contributed by atoms with Crippen LogP contribution in [0.3, 0.4) is 0 Å². The molecule has 1 aromatic carbocycles. The maximum Gasteiger partial charge on any atom is 0.162 e. The number of ketones is 1. The van der Waals surface area contributed by atoms with E-state index in [2.05, 4.69) is 20.8 Å². The van der Waals surface area contributed by atoms with Crippen molar-refractivity contribution in [3.8, 4) is 0 Å². The van der Waals surface area contributed by atoms with Crippen LogP contribution in [0.5, 0.6) is 0 Å². The molecule has 4 heteroatoms.